The predicted molar refractivity (Wildman–Crippen MR) is 61.5 cm³/mol. The van der Waals surface area contributed by atoms with E-state index < -0.39 is 49.9 Å². The first-order valence-corrected chi connectivity index (χ1v) is 5.73. The average Bonchev–Trinajstić information content (AvgIpc) is 2.84. The number of carbonyl (C=O) groups is 1. The minimum Gasteiger partial charge on any atom is -0.475 e. The molecule has 100 valence electrons. The zero-order valence-corrected chi connectivity index (χ0v) is 11.0. The molecule has 0 bridgehead atoms. The van der Waals surface area contributed by atoms with Gasteiger partial charge in [0.2, 0.25) is 5.76 Å². The Labute approximate surface area is 116 Å². The van der Waals surface area contributed by atoms with Gasteiger partial charge in [-0.15, -0.1) is 0 Å². The van der Waals surface area contributed by atoms with E-state index in [0.29, 0.717) is 0 Å². The van der Waals surface area contributed by atoms with E-state index >= 15 is 0 Å². The van der Waals surface area contributed by atoms with Gasteiger partial charge in [-0.1, -0.05) is 16.8 Å². The summed E-state index contributed by atoms with van der Waals surface area (Å²) < 4.78 is 44.2. The summed E-state index contributed by atoms with van der Waals surface area (Å²) in [5, 5.41) is 11.1. The Balaban J connectivity index is 2.71. The maximum Gasteiger partial charge on any atom is 0.374 e. The van der Waals surface area contributed by atoms with E-state index in [2.05, 4.69) is 25.6 Å². The Hall–Kier alpha value is -1.54. The normalized spacial score (nSPS) is 10.8. The van der Waals surface area contributed by atoms with Gasteiger partial charge in [0.05, 0.1) is 15.1 Å². The van der Waals surface area contributed by atoms with Crippen LogP contribution in [0.4, 0.5) is 13.2 Å². The summed E-state index contributed by atoms with van der Waals surface area (Å²) in [5.41, 5.74) is -1.14. The van der Waals surface area contributed by atoms with Gasteiger partial charge in [-0.2, -0.15) is 0 Å². The van der Waals surface area contributed by atoms with Crippen molar-refractivity contribution in [3.8, 4) is 11.3 Å². The molecule has 0 fully saturated rings. The van der Waals surface area contributed by atoms with Gasteiger partial charge in [-0.05, 0) is 15.9 Å². The Morgan fingerprint density at radius 3 is 2.47 bits per heavy atom. The van der Waals surface area contributed by atoms with Crippen LogP contribution in [0.3, 0.4) is 0 Å². The molecule has 1 N–H and O–H groups in total. The quantitative estimate of drug-likeness (QED) is 0.655. The Bertz CT molecular complexity index is 660. The zero-order chi connectivity index (χ0) is 14.3. The highest BCUT2D eigenvalue weighted by atomic mass is 79.9. The van der Waals surface area contributed by atoms with Crippen LogP contribution in [-0.4, -0.2) is 16.2 Å². The highest BCUT2D eigenvalue weighted by Crippen LogP contribution is 2.38. The zero-order valence-electron chi connectivity index (χ0n) is 8.68. The summed E-state index contributed by atoms with van der Waals surface area (Å²) in [7, 11) is 0. The monoisotopic (exact) mass is 355 g/mol. The van der Waals surface area contributed by atoms with Crippen molar-refractivity contribution in [2.45, 2.75) is 0 Å². The number of aromatic carboxylic acids is 1. The molecule has 1 heterocycles. The van der Waals surface area contributed by atoms with Crippen molar-refractivity contribution in [1.29, 1.82) is 0 Å². The molecule has 9 heteroatoms. The van der Waals surface area contributed by atoms with E-state index in [0.717, 1.165) is 6.07 Å². The second-order valence-electron chi connectivity index (χ2n) is 3.33. The third-order valence-corrected chi connectivity index (χ3v) is 3.24. The lowest BCUT2D eigenvalue weighted by molar-refractivity contribution is 0.0652. The topological polar surface area (TPSA) is 63.3 Å². The minimum absolute atomic E-state index is 0.426. The summed E-state index contributed by atoms with van der Waals surface area (Å²) in [6.07, 6.45) is 0. The molecule has 1 aromatic carbocycles. The molecule has 1 aromatic heterocycles. The molecule has 0 aliphatic heterocycles. The molecule has 0 aliphatic carbocycles. The fraction of sp³-hybridized carbons (Fsp3) is 0. The standard InChI is InChI=1S/C10H2BrClF3NO3/c11-5-8(14)6(12)4(7(13)9(5)15)2-1-3(10(17)18)19-16-2/h1H,(H,17,18). The van der Waals surface area contributed by atoms with Crippen LogP contribution in [0.15, 0.2) is 15.1 Å². The molecule has 0 radical (unpaired) electrons. The van der Waals surface area contributed by atoms with Crippen molar-refractivity contribution in [2.75, 3.05) is 0 Å². The molecular weight excluding hydrogens is 354 g/mol. The van der Waals surface area contributed by atoms with E-state index in [9.17, 15) is 18.0 Å². The van der Waals surface area contributed by atoms with Crippen LogP contribution >= 0.6 is 27.5 Å². The lowest BCUT2D eigenvalue weighted by atomic mass is 10.1. The molecule has 2 rings (SSSR count). The summed E-state index contributed by atoms with van der Waals surface area (Å²) >= 11 is 8.06. The first-order chi connectivity index (χ1) is 8.84. The Kier molecular flexibility index (Phi) is 3.55. The molecule has 19 heavy (non-hydrogen) atoms. The molecule has 4 nitrogen and oxygen atoms in total. The van der Waals surface area contributed by atoms with Crippen LogP contribution < -0.4 is 0 Å². The highest BCUT2D eigenvalue weighted by molar-refractivity contribution is 9.10. The second-order valence-corrected chi connectivity index (χ2v) is 4.50. The van der Waals surface area contributed by atoms with Gasteiger partial charge in [-0.3, -0.25) is 0 Å². The number of rotatable bonds is 2. The molecule has 0 amide bonds. The molecule has 0 unspecified atom stereocenters. The van der Waals surface area contributed by atoms with Crippen LogP contribution in [0.25, 0.3) is 11.3 Å². The largest absolute Gasteiger partial charge is 0.475 e. The molecule has 0 spiro atoms. The summed E-state index contributed by atoms with van der Waals surface area (Å²) in [6.45, 7) is 0. The summed E-state index contributed by atoms with van der Waals surface area (Å²) in [5.74, 6) is -6.28. The van der Waals surface area contributed by atoms with Gasteiger partial charge >= 0.3 is 5.97 Å². The maximum atomic E-state index is 13.7. The van der Waals surface area contributed by atoms with E-state index in [-0.39, 0.29) is 0 Å². The van der Waals surface area contributed by atoms with Crippen LogP contribution in [-0.2, 0) is 0 Å². The third kappa shape index (κ3) is 2.21. The van der Waals surface area contributed by atoms with E-state index in [4.69, 9.17) is 16.7 Å². The number of halogens is 5. The lowest BCUT2D eigenvalue weighted by Gasteiger charge is -2.06. The molecular formula is C10H2BrClF3NO3. The molecule has 0 atom stereocenters. The molecule has 0 saturated carbocycles. The van der Waals surface area contributed by atoms with Crippen LogP contribution in [0.5, 0.6) is 0 Å². The highest BCUT2D eigenvalue weighted by Gasteiger charge is 2.26. The van der Waals surface area contributed by atoms with Gasteiger partial charge in [0.1, 0.15) is 5.69 Å². The number of carboxylic acids is 1. The van der Waals surface area contributed by atoms with E-state index in [1.54, 1.807) is 0 Å². The van der Waals surface area contributed by atoms with Gasteiger partial charge in [0.25, 0.3) is 0 Å². The Morgan fingerprint density at radius 2 is 1.95 bits per heavy atom. The smallest absolute Gasteiger partial charge is 0.374 e. The van der Waals surface area contributed by atoms with Gasteiger partial charge in [0.15, 0.2) is 17.5 Å². The number of hydrogen-bond donors (Lipinski definition) is 1. The van der Waals surface area contributed by atoms with Crippen LogP contribution in [0, 0.1) is 17.5 Å². The van der Waals surface area contributed by atoms with Gasteiger partial charge in [0, 0.05) is 6.07 Å². The van der Waals surface area contributed by atoms with Crippen molar-refractivity contribution in [3.05, 3.63) is 38.8 Å². The third-order valence-electron chi connectivity index (χ3n) is 2.19. The average molecular weight is 356 g/mol. The van der Waals surface area contributed by atoms with Crippen molar-refractivity contribution in [1.82, 2.24) is 5.16 Å². The predicted octanol–water partition coefficient (Wildman–Crippen LogP) is 3.87. The fourth-order valence-electron chi connectivity index (χ4n) is 1.32. The van der Waals surface area contributed by atoms with E-state index in [1.807, 2.05) is 0 Å². The summed E-state index contributed by atoms with van der Waals surface area (Å²) in [6, 6.07) is 0.805. The Morgan fingerprint density at radius 1 is 1.32 bits per heavy atom. The number of carboxylic acid groups (broad SMARTS) is 1. The van der Waals surface area contributed by atoms with Crippen molar-refractivity contribution in [2.24, 2.45) is 0 Å². The van der Waals surface area contributed by atoms with E-state index in [1.165, 1.54) is 0 Å². The first-order valence-electron chi connectivity index (χ1n) is 4.56. The summed E-state index contributed by atoms with van der Waals surface area (Å²) in [4.78, 5) is 10.6. The number of benzene rings is 1. The van der Waals surface area contributed by atoms with Gasteiger partial charge in [-0.25, -0.2) is 18.0 Å². The maximum absolute atomic E-state index is 13.7. The number of hydrogen-bond acceptors (Lipinski definition) is 3. The number of aromatic nitrogens is 1. The van der Waals surface area contributed by atoms with Crippen LogP contribution in [0.1, 0.15) is 10.6 Å². The van der Waals surface area contributed by atoms with Crippen molar-refractivity contribution >= 4 is 33.5 Å². The number of nitrogens with zero attached hydrogens (tertiary/aromatic N) is 1. The first kappa shape index (κ1) is 13.9. The molecule has 2 aromatic rings. The lowest BCUT2D eigenvalue weighted by Crippen LogP contribution is -1.97. The fourth-order valence-corrected chi connectivity index (χ4v) is 2.08. The molecule has 0 aliphatic rings. The minimum atomic E-state index is -1.50. The SMILES string of the molecule is O=C(O)c1cc(-c2c(F)c(F)c(Br)c(F)c2Cl)no1. The molecule has 0 saturated heterocycles. The van der Waals surface area contributed by atoms with Crippen molar-refractivity contribution < 1.29 is 27.6 Å². The van der Waals surface area contributed by atoms with Crippen LogP contribution in [0.2, 0.25) is 5.02 Å². The second kappa shape index (κ2) is 4.86. The van der Waals surface area contributed by atoms with Crippen molar-refractivity contribution in [3.63, 3.8) is 0 Å². The van der Waals surface area contributed by atoms with Gasteiger partial charge < -0.3 is 9.63 Å².